The predicted octanol–water partition coefficient (Wildman–Crippen LogP) is 5.11. The Morgan fingerprint density at radius 2 is 2.12 bits per heavy atom. The second-order valence-corrected chi connectivity index (χ2v) is 7.81. The smallest absolute Gasteiger partial charge is 0.251 e. The molecule has 1 N–H and O–H groups in total. The van der Waals surface area contributed by atoms with Crippen molar-refractivity contribution >= 4 is 34.7 Å². The Morgan fingerprint density at radius 1 is 1.31 bits per heavy atom. The normalized spacial score (nSPS) is 17.7. The van der Waals surface area contributed by atoms with Gasteiger partial charge in [0.2, 0.25) is 0 Å². The van der Waals surface area contributed by atoms with Gasteiger partial charge in [-0.05, 0) is 48.8 Å². The number of carbonyl (C=O) groups excluding carboxylic acids is 1. The summed E-state index contributed by atoms with van der Waals surface area (Å²) in [5.41, 5.74) is 3.34. The van der Waals surface area contributed by atoms with E-state index in [1.54, 1.807) is 11.8 Å². The van der Waals surface area contributed by atoms with E-state index in [0.717, 1.165) is 33.7 Å². The monoisotopic (exact) mass is 387 g/mol. The number of pyridine rings is 1. The van der Waals surface area contributed by atoms with Crippen molar-refractivity contribution in [1.29, 1.82) is 0 Å². The molecule has 1 heterocycles. The molecule has 3 nitrogen and oxygen atoms in total. The van der Waals surface area contributed by atoms with Crippen molar-refractivity contribution in [1.82, 2.24) is 4.98 Å². The number of thioether (sulfide) groups is 1. The van der Waals surface area contributed by atoms with Crippen molar-refractivity contribution in [3.63, 3.8) is 0 Å². The van der Waals surface area contributed by atoms with Crippen LogP contribution >= 0.6 is 23.4 Å². The minimum absolute atomic E-state index is 0.0646. The summed E-state index contributed by atoms with van der Waals surface area (Å²) < 4.78 is 0. The molecule has 0 unspecified atom stereocenters. The highest BCUT2D eigenvalue weighted by atomic mass is 35.5. The minimum atomic E-state index is -0.0646. The van der Waals surface area contributed by atoms with Gasteiger partial charge in [-0.1, -0.05) is 36.7 Å². The third kappa shape index (κ3) is 4.13. The number of nitrogens with one attached hydrogen (secondary N) is 1. The summed E-state index contributed by atoms with van der Waals surface area (Å²) in [5, 5.41) is 0.691. The van der Waals surface area contributed by atoms with Crippen molar-refractivity contribution in [3.8, 4) is 0 Å². The summed E-state index contributed by atoms with van der Waals surface area (Å²) in [7, 11) is 0. The first kappa shape index (κ1) is 19.0. The molecule has 1 aromatic carbocycles. The van der Waals surface area contributed by atoms with E-state index < -0.39 is 0 Å². The molecule has 1 fully saturated rings. The number of H-pyrrole nitrogens is 1. The summed E-state index contributed by atoms with van der Waals surface area (Å²) in [6.07, 6.45) is 6.86. The lowest BCUT2D eigenvalue weighted by Crippen LogP contribution is -2.13. The quantitative estimate of drug-likeness (QED) is 0.725. The maximum absolute atomic E-state index is 12.3. The van der Waals surface area contributed by atoms with E-state index in [9.17, 15) is 9.59 Å². The number of hydrogen-bond donors (Lipinski definition) is 1. The number of allylic oxidation sites excluding steroid dienone is 1. The second kappa shape index (κ2) is 8.28. The van der Waals surface area contributed by atoms with Crippen molar-refractivity contribution in [3.05, 3.63) is 68.6 Å². The first-order valence-electron chi connectivity index (χ1n) is 8.81. The van der Waals surface area contributed by atoms with Crippen LogP contribution in [0.2, 0.25) is 5.02 Å². The van der Waals surface area contributed by atoms with Crippen LogP contribution in [0.25, 0.3) is 5.57 Å². The molecule has 1 aliphatic rings. The molecule has 0 bridgehead atoms. The van der Waals surface area contributed by atoms with E-state index in [1.807, 2.05) is 43.5 Å². The fourth-order valence-electron chi connectivity index (χ4n) is 3.34. The van der Waals surface area contributed by atoms with Gasteiger partial charge >= 0.3 is 0 Å². The highest BCUT2D eigenvalue weighted by Crippen LogP contribution is 2.33. The first-order chi connectivity index (χ1) is 12.5. The van der Waals surface area contributed by atoms with Gasteiger partial charge in [-0.15, -0.1) is 11.8 Å². The fraction of sp³-hybridized carbons (Fsp3) is 0.333. The molecule has 26 heavy (non-hydrogen) atoms. The Hall–Kier alpha value is -1.78. The molecule has 0 saturated heterocycles. The SMILES string of the molecule is CCc1ccc(/C(=C/[C@H]2CCC(=O)C2)c2ccc(SC)c(Cl)c2)[nH]c1=O. The highest BCUT2D eigenvalue weighted by Gasteiger charge is 2.22. The number of benzene rings is 1. The maximum Gasteiger partial charge on any atom is 0.251 e. The number of rotatable bonds is 5. The molecule has 0 spiro atoms. The van der Waals surface area contributed by atoms with Crippen LogP contribution in [-0.4, -0.2) is 17.0 Å². The second-order valence-electron chi connectivity index (χ2n) is 6.55. The molecule has 1 aliphatic carbocycles. The number of aryl methyl sites for hydroxylation is 1. The third-order valence-corrected chi connectivity index (χ3v) is 6.03. The number of aromatic nitrogens is 1. The van der Waals surface area contributed by atoms with Gasteiger partial charge in [-0.3, -0.25) is 9.59 Å². The van der Waals surface area contributed by atoms with E-state index in [0.29, 0.717) is 30.1 Å². The van der Waals surface area contributed by atoms with Gasteiger partial charge in [0.15, 0.2) is 0 Å². The van der Waals surface area contributed by atoms with E-state index in [-0.39, 0.29) is 11.5 Å². The average molecular weight is 388 g/mol. The van der Waals surface area contributed by atoms with Crippen LogP contribution in [0.4, 0.5) is 0 Å². The molecule has 3 rings (SSSR count). The molecular weight excluding hydrogens is 366 g/mol. The van der Waals surface area contributed by atoms with Crippen LogP contribution in [0, 0.1) is 5.92 Å². The minimum Gasteiger partial charge on any atom is -0.322 e. The number of hydrogen-bond acceptors (Lipinski definition) is 3. The molecule has 136 valence electrons. The Labute approximate surface area is 162 Å². The van der Waals surface area contributed by atoms with Gasteiger partial charge in [-0.25, -0.2) is 0 Å². The molecular formula is C21H22ClNO2S. The standard InChI is InChI=1S/C21H22ClNO2S/c1-3-14-5-8-19(23-21(14)25)17(11-13-4-7-16(24)10-13)15-6-9-20(26-2)18(22)12-15/h5-6,8-9,11-13H,3-4,7,10H2,1-2H3,(H,23,25)/b17-11+/t13-/m0/s1. The molecule has 1 saturated carbocycles. The van der Waals surface area contributed by atoms with Crippen LogP contribution < -0.4 is 5.56 Å². The number of carbonyl (C=O) groups is 1. The van der Waals surface area contributed by atoms with Crippen molar-refractivity contribution < 1.29 is 4.79 Å². The summed E-state index contributed by atoms with van der Waals surface area (Å²) in [6.45, 7) is 1.96. The van der Waals surface area contributed by atoms with E-state index in [1.165, 1.54) is 0 Å². The average Bonchev–Trinajstić information content (AvgIpc) is 3.04. The zero-order valence-corrected chi connectivity index (χ0v) is 16.5. The lowest BCUT2D eigenvalue weighted by molar-refractivity contribution is -0.117. The van der Waals surface area contributed by atoms with Crippen molar-refractivity contribution in [2.75, 3.05) is 6.26 Å². The van der Waals surface area contributed by atoms with Crippen molar-refractivity contribution in [2.24, 2.45) is 5.92 Å². The Bertz CT molecular complexity index is 916. The van der Waals surface area contributed by atoms with E-state index in [4.69, 9.17) is 11.6 Å². The number of ketones is 1. The third-order valence-electron chi connectivity index (χ3n) is 4.81. The molecule has 1 atom stereocenters. The van der Waals surface area contributed by atoms with E-state index in [2.05, 4.69) is 11.1 Å². The van der Waals surface area contributed by atoms with Gasteiger partial charge in [0.25, 0.3) is 5.56 Å². The lowest BCUT2D eigenvalue weighted by Gasteiger charge is -2.13. The zero-order chi connectivity index (χ0) is 18.7. The molecule has 0 amide bonds. The van der Waals surface area contributed by atoms with Gasteiger partial charge in [0, 0.05) is 34.6 Å². The highest BCUT2D eigenvalue weighted by molar-refractivity contribution is 7.98. The zero-order valence-electron chi connectivity index (χ0n) is 15.0. The van der Waals surface area contributed by atoms with Gasteiger partial charge in [0.1, 0.15) is 5.78 Å². The summed E-state index contributed by atoms with van der Waals surface area (Å²) in [5.74, 6) is 0.502. The maximum atomic E-state index is 12.3. The number of Topliss-reactive ketones (excluding diaryl/α,β-unsaturated/α-hetero) is 1. The molecule has 1 aromatic heterocycles. The van der Waals surface area contributed by atoms with Crippen LogP contribution in [0.3, 0.4) is 0 Å². The molecule has 2 aromatic rings. The van der Waals surface area contributed by atoms with Crippen LogP contribution in [-0.2, 0) is 11.2 Å². The summed E-state index contributed by atoms with van der Waals surface area (Å²) in [6, 6.07) is 9.77. The predicted molar refractivity (Wildman–Crippen MR) is 109 cm³/mol. The van der Waals surface area contributed by atoms with Crippen LogP contribution in [0.1, 0.15) is 43.0 Å². The molecule has 0 aliphatic heterocycles. The van der Waals surface area contributed by atoms with Crippen LogP contribution in [0.5, 0.6) is 0 Å². The van der Waals surface area contributed by atoms with Gasteiger partial charge in [0.05, 0.1) is 5.02 Å². The fourth-order valence-corrected chi connectivity index (χ4v) is 4.21. The molecule has 0 radical (unpaired) electrons. The largest absolute Gasteiger partial charge is 0.322 e. The van der Waals surface area contributed by atoms with Gasteiger partial charge < -0.3 is 4.98 Å². The molecule has 5 heteroatoms. The number of aromatic amines is 1. The Morgan fingerprint density at radius 3 is 2.69 bits per heavy atom. The first-order valence-corrected chi connectivity index (χ1v) is 10.4. The lowest BCUT2D eigenvalue weighted by atomic mass is 9.95. The van der Waals surface area contributed by atoms with Gasteiger partial charge in [-0.2, -0.15) is 0 Å². The topological polar surface area (TPSA) is 49.9 Å². The Balaban J connectivity index is 2.09. The number of halogens is 1. The van der Waals surface area contributed by atoms with E-state index >= 15 is 0 Å². The van der Waals surface area contributed by atoms with Crippen LogP contribution in [0.15, 0.2) is 46.1 Å². The summed E-state index contributed by atoms with van der Waals surface area (Å²) in [4.78, 5) is 28.0. The Kier molecular flexibility index (Phi) is 6.05. The summed E-state index contributed by atoms with van der Waals surface area (Å²) >= 11 is 8.00. The van der Waals surface area contributed by atoms with Crippen molar-refractivity contribution in [2.45, 2.75) is 37.5 Å².